The lowest BCUT2D eigenvalue weighted by molar-refractivity contribution is -0.122. The number of piperazine rings is 1. The molecule has 1 saturated heterocycles. The fourth-order valence-electron chi connectivity index (χ4n) is 3.08. The number of carbonyl (C=O) groups excluding carboxylic acids is 1. The fraction of sp³-hybridized carbons (Fsp3) is 0.632. The van der Waals surface area contributed by atoms with Crippen LogP contribution in [0.5, 0.6) is 5.75 Å². The van der Waals surface area contributed by atoms with E-state index in [1.165, 1.54) is 19.3 Å². The predicted octanol–water partition coefficient (Wildman–Crippen LogP) is 2.51. The summed E-state index contributed by atoms with van der Waals surface area (Å²) in [5.74, 6) is 1.06. The molecule has 2 rings (SSSR count). The van der Waals surface area contributed by atoms with Crippen LogP contribution in [0.15, 0.2) is 24.3 Å². The molecular formula is C19H31N3O2. The Labute approximate surface area is 146 Å². The summed E-state index contributed by atoms with van der Waals surface area (Å²) >= 11 is 0. The standard InChI is InChI=1S/C19H31N3O2/c1-3-4-5-8-11-20-19(23)16-21-12-14-22(15-13-21)17-9-6-7-10-18(17)24-2/h6-7,9-10H,3-5,8,11-16H2,1-2H3,(H,20,23). The second-order valence-corrected chi connectivity index (χ2v) is 6.35. The number of ether oxygens (including phenoxy) is 1. The van der Waals surface area contributed by atoms with Gasteiger partial charge in [-0.3, -0.25) is 9.69 Å². The van der Waals surface area contributed by atoms with Crippen molar-refractivity contribution in [2.75, 3.05) is 51.3 Å². The Kier molecular flexibility index (Phi) is 7.89. The summed E-state index contributed by atoms with van der Waals surface area (Å²) in [5.41, 5.74) is 1.14. The number of carbonyl (C=O) groups is 1. The second-order valence-electron chi connectivity index (χ2n) is 6.35. The van der Waals surface area contributed by atoms with Crippen LogP contribution in [0.2, 0.25) is 0 Å². The number of amides is 1. The van der Waals surface area contributed by atoms with Crippen molar-refractivity contribution >= 4 is 11.6 Å². The quantitative estimate of drug-likeness (QED) is 0.705. The van der Waals surface area contributed by atoms with Crippen LogP contribution in [-0.4, -0.2) is 57.2 Å². The molecule has 1 aromatic rings. The Morgan fingerprint density at radius 1 is 1.12 bits per heavy atom. The van der Waals surface area contributed by atoms with Crippen molar-refractivity contribution in [3.05, 3.63) is 24.3 Å². The van der Waals surface area contributed by atoms with Crippen molar-refractivity contribution in [2.45, 2.75) is 32.6 Å². The Hall–Kier alpha value is -1.75. The fourth-order valence-corrected chi connectivity index (χ4v) is 3.08. The van der Waals surface area contributed by atoms with Crippen molar-refractivity contribution in [1.82, 2.24) is 10.2 Å². The zero-order chi connectivity index (χ0) is 17.2. The minimum atomic E-state index is 0.150. The molecule has 1 fully saturated rings. The van der Waals surface area contributed by atoms with E-state index < -0.39 is 0 Å². The normalized spacial score (nSPS) is 15.3. The van der Waals surface area contributed by atoms with E-state index in [0.29, 0.717) is 6.54 Å². The number of anilines is 1. The summed E-state index contributed by atoms with van der Waals surface area (Å²) in [7, 11) is 1.71. The first-order valence-electron chi connectivity index (χ1n) is 9.11. The van der Waals surface area contributed by atoms with Gasteiger partial charge in [-0.15, -0.1) is 0 Å². The minimum Gasteiger partial charge on any atom is -0.495 e. The van der Waals surface area contributed by atoms with Crippen LogP contribution in [0.25, 0.3) is 0 Å². The first-order valence-corrected chi connectivity index (χ1v) is 9.11. The van der Waals surface area contributed by atoms with Gasteiger partial charge >= 0.3 is 0 Å². The number of methoxy groups -OCH3 is 1. The molecular weight excluding hydrogens is 302 g/mol. The molecule has 0 aliphatic carbocycles. The van der Waals surface area contributed by atoms with Gasteiger partial charge in [-0.25, -0.2) is 0 Å². The van der Waals surface area contributed by atoms with Gasteiger partial charge in [0.05, 0.1) is 19.3 Å². The van der Waals surface area contributed by atoms with Gasteiger partial charge < -0.3 is 15.0 Å². The number of benzene rings is 1. The SMILES string of the molecule is CCCCCCNC(=O)CN1CCN(c2ccccc2OC)CC1. The molecule has 0 radical (unpaired) electrons. The molecule has 0 spiro atoms. The van der Waals surface area contributed by atoms with Crippen LogP contribution >= 0.6 is 0 Å². The molecule has 0 aromatic heterocycles. The number of nitrogens with zero attached hydrogens (tertiary/aromatic N) is 2. The first kappa shape index (κ1) is 18.6. The van der Waals surface area contributed by atoms with E-state index in [1.807, 2.05) is 18.2 Å². The van der Waals surface area contributed by atoms with Gasteiger partial charge in [0.2, 0.25) is 5.91 Å². The highest BCUT2D eigenvalue weighted by Crippen LogP contribution is 2.28. The third kappa shape index (κ3) is 5.71. The first-order chi connectivity index (χ1) is 11.7. The van der Waals surface area contributed by atoms with Crippen molar-refractivity contribution in [3.63, 3.8) is 0 Å². The van der Waals surface area contributed by atoms with Crippen LogP contribution < -0.4 is 15.0 Å². The molecule has 1 aliphatic heterocycles. The van der Waals surface area contributed by atoms with Gasteiger partial charge in [-0.2, -0.15) is 0 Å². The van der Waals surface area contributed by atoms with Gasteiger partial charge in [0, 0.05) is 32.7 Å². The molecule has 1 amide bonds. The number of hydrogen-bond donors (Lipinski definition) is 1. The van der Waals surface area contributed by atoms with E-state index in [2.05, 4.69) is 28.1 Å². The maximum atomic E-state index is 12.0. The number of rotatable bonds is 9. The van der Waals surface area contributed by atoms with E-state index in [1.54, 1.807) is 7.11 Å². The maximum Gasteiger partial charge on any atom is 0.234 e. The lowest BCUT2D eigenvalue weighted by atomic mass is 10.2. The molecule has 1 N–H and O–H groups in total. The van der Waals surface area contributed by atoms with Crippen LogP contribution in [0.1, 0.15) is 32.6 Å². The number of hydrogen-bond acceptors (Lipinski definition) is 4. The highest BCUT2D eigenvalue weighted by atomic mass is 16.5. The van der Waals surface area contributed by atoms with E-state index >= 15 is 0 Å². The van der Waals surface area contributed by atoms with E-state index in [-0.39, 0.29) is 5.91 Å². The molecule has 0 atom stereocenters. The molecule has 134 valence electrons. The highest BCUT2D eigenvalue weighted by Gasteiger charge is 2.20. The van der Waals surface area contributed by atoms with Gasteiger partial charge in [0.1, 0.15) is 5.75 Å². The third-order valence-electron chi connectivity index (χ3n) is 4.52. The Morgan fingerprint density at radius 3 is 2.58 bits per heavy atom. The monoisotopic (exact) mass is 333 g/mol. The Balaban J connectivity index is 1.70. The molecule has 0 saturated carbocycles. The van der Waals surface area contributed by atoms with Crippen molar-refractivity contribution in [3.8, 4) is 5.75 Å². The average molecular weight is 333 g/mol. The summed E-state index contributed by atoms with van der Waals surface area (Å²) in [4.78, 5) is 16.6. The number of nitrogens with one attached hydrogen (secondary N) is 1. The predicted molar refractivity (Wildman–Crippen MR) is 98.8 cm³/mol. The minimum absolute atomic E-state index is 0.150. The second kappa shape index (κ2) is 10.2. The summed E-state index contributed by atoms with van der Waals surface area (Å²) in [6.07, 6.45) is 4.76. The third-order valence-corrected chi connectivity index (χ3v) is 4.52. The molecule has 1 aromatic carbocycles. The molecule has 0 unspecified atom stereocenters. The molecule has 24 heavy (non-hydrogen) atoms. The summed E-state index contributed by atoms with van der Waals surface area (Å²) < 4.78 is 5.44. The molecule has 5 nitrogen and oxygen atoms in total. The van der Waals surface area contributed by atoms with Gasteiger partial charge in [0.15, 0.2) is 0 Å². The molecule has 0 bridgehead atoms. The molecule has 1 heterocycles. The molecule has 5 heteroatoms. The average Bonchev–Trinajstić information content (AvgIpc) is 2.62. The smallest absolute Gasteiger partial charge is 0.234 e. The molecule has 1 aliphatic rings. The van der Waals surface area contributed by atoms with Crippen LogP contribution in [0, 0.1) is 0 Å². The largest absolute Gasteiger partial charge is 0.495 e. The number of para-hydroxylation sites is 2. The van der Waals surface area contributed by atoms with Crippen molar-refractivity contribution in [1.29, 1.82) is 0 Å². The van der Waals surface area contributed by atoms with Crippen LogP contribution in [-0.2, 0) is 4.79 Å². The Bertz CT molecular complexity index is 499. The van der Waals surface area contributed by atoms with Crippen molar-refractivity contribution < 1.29 is 9.53 Å². The Morgan fingerprint density at radius 2 is 1.88 bits per heavy atom. The summed E-state index contributed by atoms with van der Waals surface area (Å²) in [5, 5.41) is 3.04. The van der Waals surface area contributed by atoms with Gasteiger partial charge in [-0.05, 0) is 18.6 Å². The summed E-state index contributed by atoms with van der Waals surface area (Å²) in [6.45, 7) is 7.16. The van der Waals surface area contributed by atoms with Gasteiger partial charge in [0.25, 0.3) is 0 Å². The zero-order valence-electron chi connectivity index (χ0n) is 15.1. The lowest BCUT2D eigenvalue weighted by Crippen LogP contribution is -2.49. The van der Waals surface area contributed by atoms with Crippen molar-refractivity contribution in [2.24, 2.45) is 0 Å². The topological polar surface area (TPSA) is 44.8 Å². The summed E-state index contributed by atoms with van der Waals surface area (Å²) in [6, 6.07) is 8.12. The number of unbranched alkanes of at least 4 members (excludes halogenated alkanes) is 3. The van der Waals surface area contributed by atoms with E-state index in [0.717, 1.165) is 50.6 Å². The zero-order valence-corrected chi connectivity index (χ0v) is 15.1. The van der Waals surface area contributed by atoms with Crippen LogP contribution in [0.4, 0.5) is 5.69 Å². The van der Waals surface area contributed by atoms with Crippen LogP contribution in [0.3, 0.4) is 0 Å². The maximum absolute atomic E-state index is 12.0. The van der Waals surface area contributed by atoms with Gasteiger partial charge in [-0.1, -0.05) is 38.3 Å². The lowest BCUT2D eigenvalue weighted by Gasteiger charge is -2.36. The van der Waals surface area contributed by atoms with E-state index in [9.17, 15) is 4.79 Å². The highest BCUT2D eigenvalue weighted by molar-refractivity contribution is 5.78. The van der Waals surface area contributed by atoms with E-state index in [4.69, 9.17) is 4.74 Å².